The summed E-state index contributed by atoms with van der Waals surface area (Å²) in [6, 6.07) is 2.00. The summed E-state index contributed by atoms with van der Waals surface area (Å²) in [5, 5.41) is 8.57. The number of hydrazine groups is 1. The van der Waals surface area contributed by atoms with Gasteiger partial charge in [-0.05, 0) is 0 Å². The van der Waals surface area contributed by atoms with Crippen molar-refractivity contribution >= 4 is 5.91 Å². The molecule has 0 bridgehead atoms. The topological polar surface area (TPSA) is 91.4 Å². The van der Waals surface area contributed by atoms with Gasteiger partial charge in [0.2, 0.25) is 5.91 Å². The van der Waals surface area contributed by atoms with Crippen molar-refractivity contribution in [3.05, 3.63) is 0 Å². The van der Waals surface area contributed by atoms with E-state index >= 15 is 0 Å². The van der Waals surface area contributed by atoms with Gasteiger partial charge in [0, 0.05) is 13.1 Å². The zero-order valence-electron chi connectivity index (χ0n) is 7.19. The zero-order chi connectivity index (χ0) is 9.68. The highest BCUT2D eigenvalue weighted by molar-refractivity contribution is 5.77. The summed E-state index contributed by atoms with van der Waals surface area (Å²) in [6.07, 6.45) is -0.431. The average Bonchev–Trinajstić information content (AvgIpc) is 2.18. The van der Waals surface area contributed by atoms with E-state index in [0.29, 0.717) is 19.7 Å². The van der Waals surface area contributed by atoms with Crippen LogP contribution in [0.3, 0.4) is 0 Å². The molecule has 0 aliphatic carbocycles. The maximum atomic E-state index is 10.9. The summed E-state index contributed by atoms with van der Waals surface area (Å²) in [4.78, 5) is 12.7. The molecule has 3 N–H and O–H groups in total. The van der Waals surface area contributed by atoms with Crippen molar-refractivity contribution in [1.29, 1.82) is 5.26 Å². The Morgan fingerprint density at radius 1 is 1.85 bits per heavy atom. The van der Waals surface area contributed by atoms with E-state index in [2.05, 4.69) is 0 Å². The minimum atomic E-state index is -0.431. The third-order valence-electron chi connectivity index (χ3n) is 1.82. The lowest BCUT2D eigenvalue weighted by Gasteiger charge is -2.28. The number of nitrogens with one attached hydrogen (secondary N) is 1. The Morgan fingerprint density at radius 2 is 2.62 bits per heavy atom. The van der Waals surface area contributed by atoms with E-state index < -0.39 is 6.10 Å². The van der Waals surface area contributed by atoms with Gasteiger partial charge in [0.05, 0.1) is 19.2 Å². The van der Waals surface area contributed by atoms with E-state index in [0.717, 1.165) is 0 Å². The van der Waals surface area contributed by atoms with Crippen molar-refractivity contribution < 1.29 is 9.53 Å². The number of nitrogens with two attached hydrogens (primary N) is 1. The van der Waals surface area contributed by atoms with E-state index in [1.807, 2.05) is 16.4 Å². The van der Waals surface area contributed by atoms with Gasteiger partial charge in [-0.25, -0.2) is 5.84 Å². The third kappa shape index (κ3) is 2.99. The zero-order valence-corrected chi connectivity index (χ0v) is 7.19. The van der Waals surface area contributed by atoms with Crippen LogP contribution in [0.15, 0.2) is 0 Å². The SMILES string of the molecule is N#CC1CN(CC(=O)NN)CCO1. The number of carbonyl (C=O) groups is 1. The number of nitriles is 1. The highest BCUT2D eigenvalue weighted by atomic mass is 16.5. The van der Waals surface area contributed by atoms with Crippen molar-refractivity contribution in [2.45, 2.75) is 6.10 Å². The lowest BCUT2D eigenvalue weighted by molar-refractivity contribution is -0.123. The first kappa shape index (κ1) is 9.92. The monoisotopic (exact) mass is 184 g/mol. The van der Waals surface area contributed by atoms with Gasteiger partial charge in [0.1, 0.15) is 0 Å². The second kappa shape index (κ2) is 4.77. The predicted molar refractivity (Wildman–Crippen MR) is 44.1 cm³/mol. The fraction of sp³-hybridized carbons (Fsp3) is 0.714. The number of hydrogen-bond donors (Lipinski definition) is 2. The van der Waals surface area contributed by atoms with Crippen LogP contribution in [0.25, 0.3) is 0 Å². The molecular formula is C7H12N4O2. The summed E-state index contributed by atoms with van der Waals surface area (Å²) in [5.74, 6) is 4.68. The number of carbonyl (C=O) groups excluding carboxylic acids is 1. The maximum Gasteiger partial charge on any atom is 0.248 e. The molecule has 6 nitrogen and oxygen atoms in total. The molecule has 1 heterocycles. The minimum Gasteiger partial charge on any atom is -0.361 e. The number of ether oxygens (including phenoxy) is 1. The number of nitrogens with zero attached hydrogens (tertiary/aromatic N) is 2. The van der Waals surface area contributed by atoms with Crippen LogP contribution in [0, 0.1) is 11.3 Å². The van der Waals surface area contributed by atoms with Gasteiger partial charge >= 0.3 is 0 Å². The van der Waals surface area contributed by atoms with Crippen LogP contribution in [-0.2, 0) is 9.53 Å². The van der Waals surface area contributed by atoms with Crippen molar-refractivity contribution in [3.8, 4) is 6.07 Å². The largest absolute Gasteiger partial charge is 0.361 e. The molecule has 1 amide bonds. The van der Waals surface area contributed by atoms with Crippen LogP contribution in [-0.4, -0.2) is 43.2 Å². The highest BCUT2D eigenvalue weighted by Gasteiger charge is 2.21. The second-order valence-corrected chi connectivity index (χ2v) is 2.79. The van der Waals surface area contributed by atoms with Gasteiger partial charge in [-0.15, -0.1) is 0 Å². The van der Waals surface area contributed by atoms with Crippen LogP contribution in [0.4, 0.5) is 0 Å². The summed E-state index contributed by atoms with van der Waals surface area (Å²) >= 11 is 0. The molecular weight excluding hydrogens is 172 g/mol. The Bertz CT molecular complexity index is 225. The first-order valence-electron chi connectivity index (χ1n) is 3.99. The number of rotatable bonds is 2. The van der Waals surface area contributed by atoms with Crippen LogP contribution >= 0.6 is 0 Å². The Kier molecular flexibility index (Phi) is 3.64. The lowest BCUT2D eigenvalue weighted by Crippen LogP contribution is -2.47. The van der Waals surface area contributed by atoms with Crippen molar-refractivity contribution in [1.82, 2.24) is 10.3 Å². The van der Waals surface area contributed by atoms with E-state index in [4.69, 9.17) is 15.8 Å². The van der Waals surface area contributed by atoms with Crippen LogP contribution in [0.1, 0.15) is 0 Å². The van der Waals surface area contributed by atoms with Crippen LogP contribution in [0.5, 0.6) is 0 Å². The molecule has 1 aliphatic rings. The smallest absolute Gasteiger partial charge is 0.248 e. The van der Waals surface area contributed by atoms with Crippen molar-refractivity contribution in [3.63, 3.8) is 0 Å². The van der Waals surface area contributed by atoms with Gasteiger partial charge < -0.3 is 4.74 Å². The second-order valence-electron chi connectivity index (χ2n) is 2.79. The minimum absolute atomic E-state index is 0.220. The molecule has 1 unspecified atom stereocenters. The fourth-order valence-corrected chi connectivity index (χ4v) is 1.17. The molecule has 0 aromatic heterocycles. The molecule has 1 saturated heterocycles. The Labute approximate surface area is 76.2 Å². The van der Waals surface area contributed by atoms with E-state index in [9.17, 15) is 4.79 Å². The van der Waals surface area contributed by atoms with Gasteiger partial charge in [-0.1, -0.05) is 0 Å². The Morgan fingerprint density at radius 3 is 3.23 bits per heavy atom. The third-order valence-corrected chi connectivity index (χ3v) is 1.82. The Hall–Kier alpha value is -1.16. The molecule has 0 aromatic carbocycles. The van der Waals surface area contributed by atoms with Gasteiger partial charge in [0.25, 0.3) is 0 Å². The van der Waals surface area contributed by atoms with Crippen LogP contribution in [0.2, 0.25) is 0 Å². The maximum absolute atomic E-state index is 10.9. The molecule has 6 heteroatoms. The van der Waals surface area contributed by atoms with Gasteiger partial charge in [-0.2, -0.15) is 5.26 Å². The summed E-state index contributed by atoms with van der Waals surface area (Å²) < 4.78 is 5.11. The average molecular weight is 184 g/mol. The number of morpholine rings is 1. The molecule has 0 radical (unpaired) electrons. The summed E-state index contributed by atoms with van der Waals surface area (Å²) in [6.45, 7) is 1.82. The Balaban J connectivity index is 2.35. The van der Waals surface area contributed by atoms with E-state index in [1.54, 1.807) is 0 Å². The molecule has 1 atom stereocenters. The molecule has 0 aromatic rings. The van der Waals surface area contributed by atoms with Crippen molar-refractivity contribution in [2.24, 2.45) is 5.84 Å². The normalized spacial score (nSPS) is 23.5. The van der Waals surface area contributed by atoms with Gasteiger partial charge in [0.15, 0.2) is 6.10 Å². The van der Waals surface area contributed by atoms with E-state index in [1.165, 1.54) is 0 Å². The molecule has 13 heavy (non-hydrogen) atoms. The highest BCUT2D eigenvalue weighted by Crippen LogP contribution is 2.02. The molecule has 1 aliphatic heterocycles. The molecule has 0 spiro atoms. The van der Waals surface area contributed by atoms with Crippen LogP contribution < -0.4 is 11.3 Å². The molecule has 1 fully saturated rings. The molecule has 72 valence electrons. The predicted octanol–water partition coefficient (Wildman–Crippen LogP) is -1.80. The summed E-state index contributed by atoms with van der Waals surface area (Å²) in [7, 11) is 0. The van der Waals surface area contributed by atoms with Crippen molar-refractivity contribution in [2.75, 3.05) is 26.2 Å². The van der Waals surface area contributed by atoms with E-state index in [-0.39, 0.29) is 12.5 Å². The molecule has 0 saturated carbocycles. The number of amides is 1. The lowest BCUT2D eigenvalue weighted by atomic mass is 10.3. The van der Waals surface area contributed by atoms with Gasteiger partial charge in [-0.3, -0.25) is 15.1 Å². The first-order chi connectivity index (χ1) is 6.26. The fourth-order valence-electron chi connectivity index (χ4n) is 1.17. The standard InChI is InChI=1S/C7H12N4O2/c8-3-6-4-11(1-2-13-6)5-7(12)10-9/h6H,1-2,4-5,9H2,(H,10,12). The molecule has 1 rings (SSSR count). The number of hydrogen-bond acceptors (Lipinski definition) is 5. The summed E-state index contributed by atoms with van der Waals surface area (Å²) in [5.41, 5.74) is 2.04. The first-order valence-corrected chi connectivity index (χ1v) is 3.99. The quantitative estimate of drug-likeness (QED) is 0.300.